The molecule has 5 heteroatoms. The molecule has 0 N–H and O–H groups in total. The first kappa shape index (κ1) is 11.6. The van der Waals surface area contributed by atoms with Crippen molar-refractivity contribution in [3.05, 3.63) is 30.6 Å². The van der Waals surface area contributed by atoms with Crippen LogP contribution in [0.3, 0.4) is 0 Å². The monoisotopic (exact) mass is 267 g/mol. The zero-order valence-electron chi connectivity index (χ0n) is 11.5. The van der Waals surface area contributed by atoms with Crippen molar-refractivity contribution in [3.63, 3.8) is 0 Å². The number of nitrogens with zero attached hydrogens (tertiary/aromatic N) is 5. The Bertz CT molecular complexity index is 763. The summed E-state index contributed by atoms with van der Waals surface area (Å²) in [6, 6.07) is 8.33. The van der Waals surface area contributed by atoms with Crippen LogP contribution in [0.25, 0.3) is 16.4 Å². The van der Waals surface area contributed by atoms with E-state index in [-0.39, 0.29) is 0 Å². The third kappa shape index (κ3) is 1.73. The normalized spacial score (nSPS) is 19.9. The van der Waals surface area contributed by atoms with Crippen molar-refractivity contribution >= 4 is 22.2 Å². The molecule has 3 heterocycles. The van der Waals surface area contributed by atoms with E-state index in [9.17, 15) is 0 Å². The zero-order chi connectivity index (χ0) is 13.5. The number of anilines is 1. The van der Waals surface area contributed by atoms with Crippen molar-refractivity contribution in [2.75, 3.05) is 18.0 Å². The van der Waals surface area contributed by atoms with Crippen molar-refractivity contribution < 1.29 is 0 Å². The Morgan fingerprint density at radius 1 is 1.20 bits per heavy atom. The Kier molecular flexibility index (Phi) is 2.58. The summed E-state index contributed by atoms with van der Waals surface area (Å²) in [5.74, 6) is 1.78. The highest BCUT2D eigenvalue weighted by atomic mass is 15.4. The molecule has 0 amide bonds. The van der Waals surface area contributed by atoms with E-state index in [0.29, 0.717) is 0 Å². The molecule has 1 atom stereocenters. The van der Waals surface area contributed by atoms with Crippen LogP contribution in [-0.4, -0.2) is 32.9 Å². The molecule has 5 nitrogen and oxygen atoms in total. The van der Waals surface area contributed by atoms with Gasteiger partial charge in [-0.25, -0.2) is 0 Å². The molecule has 4 rings (SSSR count). The molecule has 1 aliphatic rings. The van der Waals surface area contributed by atoms with Crippen molar-refractivity contribution in [2.24, 2.45) is 5.92 Å². The van der Waals surface area contributed by atoms with Crippen molar-refractivity contribution in [3.8, 4) is 0 Å². The Hall–Kier alpha value is -2.17. The van der Waals surface area contributed by atoms with Crippen LogP contribution >= 0.6 is 0 Å². The average Bonchev–Trinajstić information content (AvgIpc) is 2.95. The molecule has 1 aliphatic heterocycles. The highest BCUT2D eigenvalue weighted by molar-refractivity contribution is 6.00. The lowest BCUT2D eigenvalue weighted by molar-refractivity contribution is 0.444. The van der Waals surface area contributed by atoms with Crippen LogP contribution in [0.5, 0.6) is 0 Å². The van der Waals surface area contributed by atoms with E-state index in [2.05, 4.69) is 40.2 Å². The van der Waals surface area contributed by atoms with Gasteiger partial charge in [0.2, 0.25) is 0 Å². The van der Waals surface area contributed by atoms with Crippen LogP contribution in [0.1, 0.15) is 19.8 Å². The van der Waals surface area contributed by atoms with Crippen molar-refractivity contribution in [1.82, 2.24) is 19.8 Å². The maximum absolute atomic E-state index is 4.74. The average molecular weight is 267 g/mol. The molecule has 0 spiro atoms. The predicted octanol–water partition coefficient (Wildman–Crippen LogP) is 2.51. The van der Waals surface area contributed by atoms with Gasteiger partial charge in [0.25, 0.3) is 0 Å². The van der Waals surface area contributed by atoms with Gasteiger partial charge in [-0.3, -0.25) is 0 Å². The van der Waals surface area contributed by atoms with Gasteiger partial charge in [-0.2, -0.15) is 4.52 Å². The van der Waals surface area contributed by atoms with Crippen LogP contribution in [0, 0.1) is 5.92 Å². The summed E-state index contributed by atoms with van der Waals surface area (Å²) in [6.45, 7) is 4.46. The van der Waals surface area contributed by atoms with Crippen LogP contribution in [-0.2, 0) is 0 Å². The minimum absolute atomic E-state index is 0.723. The third-order valence-electron chi connectivity index (χ3n) is 4.10. The molecule has 1 fully saturated rings. The van der Waals surface area contributed by atoms with Crippen LogP contribution in [0.4, 0.5) is 5.82 Å². The Balaban J connectivity index is 1.96. The quantitative estimate of drug-likeness (QED) is 0.679. The van der Waals surface area contributed by atoms with E-state index in [1.54, 1.807) is 10.8 Å². The van der Waals surface area contributed by atoms with Crippen LogP contribution < -0.4 is 4.90 Å². The first-order valence-corrected chi connectivity index (χ1v) is 7.16. The zero-order valence-corrected chi connectivity index (χ0v) is 11.5. The molecule has 0 aliphatic carbocycles. The molecule has 0 bridgehead atoms. The molecule has 0 unspecified atom stereocenters. The minimum atomic E-state index is 0.723. The Morgan fingerprint density at radius 2 is 2.05 bits per heavy atom. The van der Waals surface area contributed by atoms with E-state index in [0.717, 1.165) is 35.9 Å². The largest absolute Gasteiger partial charge is 0.354 e. The molecular formula is C15H17N5. The molecule has 0 radical (unpaired) electrons. The first-order chi connectivity index (χ1) is 9.83. The van der Waals surface area contributed by atoms with Crippen molar-refractivity contribution in [2.45, 2.75) is 19.8 Å². The third-order valence-corrected chi connectivity index (χ3v) is 4.10. The topological polar surface area (TPSA) is 46.3 Å². The fraction of sp³-hybridized carbons (Fsp3) is 0.400. The van der Waals surface area contributed by atoms with E-state index >= 15 is 0 Å². The Morgan fingerprint density at radius 3 is 2.90 bits per heavy atom. The summed E-state index contributed by atoms with van der Waals surface area (Å²) < 4.78 is 1.79. The van der Waals surface area contributed by atoms with E-state index in [4.69, 9.17) is 5.10 Å². The first-order valence-electron chi connectivity index (χ1n) is 7.16. The number of hydrogen-bond acceptors (Lipinski definition) is 4. The number of aromatic nitrogens is 4. The van der Waals surface area contributed by atoms with Crippen LogP contribution in [0.15, 0.2) is 30.6 Å². The van der Waals surface area contributed by atoms with Crippen LogP contribution in [0.2, 0.25) is 0 Å². The highest BCUT2D eigenvalue weighted by Crippen LogP contribution is 2.29. The molecule has 20 heavy (non-hydrogen) atoms. The summed E-state index contributed by atoms with van der Waals surface area (Å²) in [4.78, 5) is 2.40. The fourth-order valence-electron chi connectivity index (χ4n) is 3.12. The second-order valence-electron chi connectivity index (χ2n) is 5.66. The van der Waals surface area contributed by atoms with E-state index in [1.165, 1.54) is 18.2 Å². The number of fused-ring (bicyclic) bond motifs is 3. The number of hydrogen-bond donors (Lipinski definition) is 0. The van der Waals surface area contributed by atoms with Gasteiger partial charge in [0, 0.05) is 23.9 Å². The lowest BCUT2D eigenvalue weighted by Gasteiger charge is -2.32. The maximum atomic E-state index is 4.74. The minimum Gasteiger partial charge on any atom is -0.354 e. The molecular weight excluding hydrogens is 250 g/mol. The van der Waals surface area contributed by atoms with Gasteiger partial charge in [0.1, 0.15) is 6.33 Å². The summed E-state index contributed by atoms with van der Waals surface area (Å²) in [5.41, 5.74) is 0.828. The maximum Gasteiger partial charge on any atom is 0.185 e. The predicted molar refractivity (Wildman–Crippen MR) is 78.9 cm³/mol. The summed E-state index contributed by atoms with van der Waals surface area (Å²) >= 11 is 0. The molecule has 1 aromatic carbocycles. The van der Waals surface area contributed by atoms with E-state index < -0.39 is 0 Å². The molecule has 2 aromatic heterocycles. The summed E-state index contributed by atoms with van der Waals surface area (Å²) in [6.07, 6.45) is 4.22. The van der Waals surface area contributed by atoms with Gasteiger partial charge >= 0.3 is 0 Å². The lowest BCUT2D eigenvalue weighted by Crippen LogP contribution is -2.35. The summed E-state index contributed by atoms with van der Waals surface area (Å²) in [7, 11) is 0. The highest BCUT2D eigenvalue weighted by Gasteiger charge is 2.21. The van der Waals surface area contributed by atoms with Gasteiger partial charge in [-0.15, -0.1) is 15.3 Å². The smallest absolute Gasteiger partial charge is 0.185 e. The van der Waals surface area contributed by atoms with E-state index in [1.807, 2.05) is 6.07 Å². The molecule has 0 saturated carbocycles. The van der Waals surface area contributed by atoms with Gasteiger partial charge in [0.15, 0.2) is 11.5 Å². The molecule has 102 valence electrons. The molecule has 3 aromatic rings. The van der Waals surface area contributed by atoms with Gasteiger partial charge < -0.3 is 4.90 Å². The fourth-order valence-corrected chi connectivity index (χ4v) is 3.12. The summed E-state index contributed by atoms with van der Waals surface area (Å²) in [5, 5.41) is 15.2. The second-order valence-corrected chi connectivity index (χ2v) is 5.66. The second kappa shape index (κ2) is 4.44. The SMILES string of the molecule is C[C@@H]1CCCN(c2nn3cnnc3c3ccccc23)C1. The standard InChI is InChI=1S/C15H17N5/c1-11-5-4-8-19(9-11)15-13-7-3-2-6-12(13)14-17-16-10-20(14)18-15/h2-3,6-7,10-11H,4-5,8-9H2,1H3/t11-/m1/s1. The Labute approximate surface area is 117 Å². The van der Waals surface area contributed by atoms with Crippen molar-refractivity contribution in [1.29, 1.82) is 0 Å². The number of piperidine rings is 1. The van der Waals surface area contributed by atoms with Gasteiger partial charge in [-0.05, 0) is 18.8 Å². The van der Waals surface area contributed by atoms with Gasteiger partial charge in [0.05, 0.1) is 0 Å². The lowest BCUT2D eigenvalue weighted by atomic mass is 10.00. The molecule has 1 saturated heterocycles. The number of rotatable bonds is 1. The number of benzene rings is 1. The van der Waals surface area contributed by atoms with Gasteiger partial charge in [-0.1, -0.05) is 31.2 Å².